The Kier molecular flexibility index (Phi) is 5.10. The van der Waals surface area contributed by atoms with E-state index in [4.69, 9.17) is 16.3 Å². The van der Waals surface area contributed by atoms with Gasteiger partial charge in [-0.2, -0.15) is 0 Å². The molecule has 0 aromatic carbocycles. The average molecular weight is 435 g/mol. The van der Waals surface area contributed by atoms with Gasteiger partial charge in [0, 0.05) is 17.8 Å². The molecule has 8 atom stereocenters. The van der Waals surface area contributed by atoms with E-state index in [1.165, 1.54) is 6.92 Å². The number of aliphatic hydroxyl groups is 1. The van der Waals surface area contributed by atoms with Crippen molar-refractivity contribution in [3.8, 4) is 0 Å². The van der Waals surface area contributed by atoms with Crippen molar-refractivity contribution in [3.63, 3.8) is 0 Å². The molecule has 0 radical (unpaired) electrons. The second kappa shape index (κ2) is 6.93. The van der Waals surface area contributed by atoms with Gasteiger partial charge >= 0.3 is 5.97 Å². The van der Waals surface area contributed by atoms with E-state index in [9.17, 15) is 14.7 Å². The normalized spacial score (nSPS) is 47.8. The Morgan fingerprint density at radius 2 is 1.97 bits per heavy atom. The summed E-state index contributed by atoms with van der Waals surface area (Å²) in [7, 11) is 0. The van der Waals surface area contributed by atoms with Gasteiger partial charge in [0.2, 0.25) is 0 Å². The first kappa shape index (κ1) is 22.1. The number of halogens is 1. The molecule has 0 aromatic heterocycles. The van der Waals surface area contributed by atoms with Gasteiger partial charge in [0.15, 0.2) is 5.78 Å². The van der Waals surface area contributed by atoms with E-state index in [0.717, 1.165) is 30.4 Å². The van der Waals surface area contributed by atoms with Gasteiger partial charge in [-0.1, -0.05) is 46.3 Å². The monoisotopic (exact) mass is 434 g/mol. The summed E-state index contributed by atoms with van der Waals surface area (Å²) in [5.74, 6) is 0.520. The van der Waals surface area contributed by atoms with Crippen LogP contribution in [-0.2, 0) is 14.3 Å². The van der Waals surface area contributed by atoms with Crippen LogP contribution < -0.4 is 0 Å². The van der Waals surface area contributed by atoms with Gasteiger partial charge in [0.25, 0.3) is 0 Å². The number of ketones is 1. The molecule has 0 unspecified atom stereocenters. The number of esters is 1. The lowest BCUT2D eigenvalue weighted by molar-refractivity contribution is -0.165. The van der Waals surface area contributed by atoms with Crippen molar-refractivity contribution in [3.05, 3.63) is 23.3 Å². The van der Waals surface area contributed by atoms with Crippen LogP contribution in [0.3, 0.4) is 0 Å². The molecule has 3 fully saturated rings. The van der Waals surface area contributed by atoms with Crippen LogP contribution in [0, 0.1) is 34.5 Å². The summed E-state index contributed by atoms with van der Waals surface area (Å²) in [6.45, 7) is 12.0. The number of fused-ring (bicyclic) bond motifs is 5. The predicted molar refractivity (Wildman–Crippen MR) is 117 cm³/mol. The number of hydrogen-bond acceptors (Lipinski definition) is 4. The number of alkyl halides is 1. The number of hydrogen-bond donors (Lipinski definition) is 1. The molecule has 5 heteroatoms. The smallest absolute Gasteiger partial charge is 0.302 e. The van der Waals surface area contributed by atoms with Crippen molar-refractivity contribution in [2.24, 2.45) is 34.5 Å². The molecule has 4 aliphatic rings. The predicted octanol–water partition coefficient (Wildman–Crippen LogP) is 4.83. The van der Waals surface area contributed by atoms with Crippen molar-refractivity contribution in [1.82, 2.24) is 0 Å². The van der Waals surface area contributed by atoms with Gasteiger partial charge in [-0.3, -0.25) is 9.59 Å². The largest absolute Gasteiger partial charge is 0.462 e. The molecule has 4 nitrogen and oxygen atoms in total. The van der Waals surface area contributed by atoms with Gasteiger partial charge in [0.1, 0.15) is 6.10 Å². The number of allylic oxidation sites excluding steroid dienone is 4. The molecule has 30 heavy (non-hydrogen) atoms. The minimum absolute atomic E-state index is 0.0794. The minimum Gasteiger partial charge on any atom is -0.462 e. The molecule has 4 rings (SSSR count). The van der Waals surface area contributed by atoms with Gasteiger partial charge in [-0.05, 0) is 61.0 Å². The van der Waals surface area contributed by atoms with Crippen molar-refractivity contribution in [2.45, 2.75) is 84.3 Å². The van der Waals surface area contributed by atoms with Gasteiger partial charge in [0.05, 0.1) is 11.0 Å². The molecule has 0 bridgehead atoms. The van der Waals surface area contributed by atoms with Crippen molar-refractivity contribution in [2.75, 3.05) is 0 Å². The first-order valence-corrected chi connectivity index (χ1v) is 11.8. The van der Waals surface area contributed by atoms with Crippen LogP contribution >= 0.6 is 11.6 Å². The van der Waals surface area contributed by atoms with Gasteiger partial charge < -0.3 is 9.84 Å². The van der Waals surface area contributed by atoms with Crippen LogP contribution in [0.4, 0.5) is 0 Å². The molecule has 0 aliphatic heterocycles. The highest BCUT2D eigenvalue weighted by Crippen LogP contribution is 2.69. The molecule has 3 saturated carbocycles. The standard InChI is InChI=1S/C25H35ClO4/c1-13(2)17-11-24(6)16(10-20(17)28)7-8-18-19-9-14(3)22(30-15(4)27)23(19,5)12-21(29)25(18,24)26/h10-11,13-14,18-19,21-22,29H,7-9,12H2,1-6H3/t14-,18+,19+,21+,22+,23+,24+,25+/m1/s1. The Morgan fingerprint density at radius 3 is 2.57 bits per heavy atom. The maximum Gasteiger partial charge on any atom is 0.302 e. The Balaban J connectivity index is 1.80. The molecular formula is C25H35ClO4. The Morgan fingerprint density at radius 1 is 1.30 bits per heavy atom. The van der Waals surface area contributed by atoms with Crippen LogP contribution in [0.1, 0.15) is 67.2 Å². The summed E-state index contributed by atoms with van der Waals surface area (Å²) >= 11 is 7.54. The van der Waals surface area contributed by atoms with Crippen molar-refractivity contribution in [1.29, 1.82) is 0 Å². The van der Waals surface area contributed by atoms with Crippen molar-refractivity contribution >= 4 is 23.4 Å². The van der Waals surface area contributed by atoms with Crippen molar-refractivity contribution < 1.29 is 19.4 Å². The topological polar surface area (TPSA) is 63.6 Å². The maximum absolute atomic E-state index is 12.7. The van der Waals surface area contributed by atoms with Crippen LogP contribution in [0.5, 0.6) is 0 Å². The minimum atomic E-state index is -0.868. The second-order valence-corrected chi connectivity index (χ2v) is 11.6. The number of aliphatic hydroxyl groups excluding tert-OH is 1. The number of ether oxygens (including phenoxy) is 1. The summed E-state index contributed by atoms with van der Waals surface area (Å²) in [5, 5.41) is 11.6. The highest BCUT2D eigenvalue weighted by atomic mass is 35.5. The Labute approximate surface area is 185 Å². The first-order chi connectivity index (χ1) is 13.9. The van der Waals surface area contributed by atoms with Crippen LogP contribution in [0.25, 0.3) is 0 Å². The molecule has 4 aliphatic carbocycles. The molecule has 1 N–H and O–H groups in total. The summed E-state index contributed by atoms with van der Waals surface area (Å²) in [6, 6.07) is 0. The lowest BCUT2D eigenvalue weighted by Gasteiger charge is -2.63. The fraction of sp³-hybridized carbons (Fsp3) is 0.760. The Hall–Kier alpha value is -1.13. The fourth-order valence-corrected chi connectivity index (χ4v) is 8.05. The molecule has 0 aromatic rings. The SMILES string of the molecule is CC(=O)O[C@H]1[C@H](C)C[C@H]2[C@@H]3CCC4=CC(=O)C(C(C)C)=C[C@]4(C)[C@@]3(Cl)[C@@H](O)C[C@@]21C. The van der Waals surface area contributed by atoms with Crippen LogP contribution in [0.15, 0.2) is 23.3 Å². The summed E-state index contributed by atoms with van der Waals surface area (Å²) in [6.07, 6.45) is 6.01. The summed E-state index contributed by atoms with van der Waals surface area (Å²) in [5.41, 5.74) is 0.989. The lowest BCUT2D eigenvalue weighted by Crippen LogP contribution is -2.66. The zero-order valence-electron chi connectivity index (χ0n) is 19.0. The summed E-state index contributed by atoms with van der Waals surface area (Å²) in [4.78, 5) is 23.6. The van der Waals surface area contributed by atoms with E-state index < -0.39 is 16.4 Å². The van der Waals surface area contributed by atoms with E-state index in [2.05, 4.69) is 26.8 Å². The van der Waals surface area contributed by atoms with Crippen LogP contribution in [-0.4, -0.2) is 33.9 Å². The Bertz CT molecular complexity index is 844. The molecule has 0 heterocycles. The number of carbonyl (C=O) groups is 2. The summed E-state index contributed by atoms with van der Waals surface area (Å²) < 4.78 is 5.79. The zero-order valence-corrected chi connectivity index (χ0v) is 19.8. The van der Waals surface area contributed by atoms with Gasteiger partial charge in [-0.25, -0.2) is 0 Å². The third-order valence-corrected chi connectivity index (χ3v) is 9.84. The van der Waals surface area contributed by atoms with E-state index >= 15 is 0 Å². The van der Waals surface area contributed by atoms with E-state index in [1.807, 2.05) is 13.8 Å². The lowest BCUT2D eigenvalue weighted by atomic mass is 9.46. The number of rotatable bonds is 2. The second-order valence-electron chi connectivity index (χ2n) is 11.0. The van der Waals surface area contributed by atoms with E-state index in [-0.39, 0.29) is 46.9 Å². The zero-order chi connectivity index (χ0) is 22.2. The quantitative estimate of drug-likeness (QED) is 0.499. The molecule has 0 amide bonds. The third kappa shape index (κ3) is 2.75. The fourth-order valence-electron chi connectivity index (χ4n) is 7.54. The van der Waals surface area contributed by atoms with E-state index in [1.54, 1.807) is 6.08 Å². The highest BCUT2D eigenvalue weighted by Gasteiger charge is 2.70. The molecule has 0 saturated heterocycles. The first-order valence-electron chi connectivity index (χ1n) is 11.4. The molecule has 0 spiro atoms. The molecular weight excluding hydrogens is 400 g/mol. The maximum atomic E-state index is 12.7. The van der Waals surface area contributed by atoms with Gasteiger partial charge in [-0.15, -0.1) is 11.6 Å². The number of carbonyl (C=O) groups excluding carboxylic acids is 2. The third-order valence-electron chi connectivity index (χ3n) is 8.92. The van der Waals surface area contributed by atoms with Crippen LogP contribution in [0.2, 0.25) is 0 Å². The average Bonchev–Trinajstić information content (AvgIpc) is 2.87. The molecule has 166 valence electrons. The van der Waals surface area contributed by atoms with E-state index in [0.29, 0.717) is 6.42 Å². The highest BCUT2D eigenvalue weighted by molar-refractivity contribution is 6.26.